The number of anilines is 1. The number of rotatable bonds is 5. The highest BCUT2D eigenvalue weighted by atomic mass is 19.1. The number of halogens is 1. The van der Waals surface area contributed by atoms with Gasteiger partial charge < -0.3 is 14.8 Å². The molecule has 2 heterocycles. The average molecular weight is 373 g/mol. The number of aromatic nitrogens is 1. The standard InChI is InChI=1S/C19H20FN3O4/c1-5-19(3)17(24)23(18(25)22-19)15-9-8-13(20)16(21-15)27-12-7-6-11(2)14(10-12)26-4/h6-10H,5H2,1-4H3,(H,22,25)/t19-/m1/s1. The zero-order valence-corrected chi connectivity index (χ0v) is 15.5. The fourth-order valence-electron chi connectivity index (χ4n) is 2.72. The van der Waals surface area contributed by atoms with Crippen molar-refractivity contribution in [2.75, 3.05) is 12.0 Å². The second-order valence-corrected chi connectivity index (χ2v) is 6.45. The van der Waals surface area contributed by atoms with Crippen LogP contribution in [-0.4, -0.2) is 29.6 Å². The predicted octanol–water partition coefficient (Wildman–Crippen LogP) is 3.55. The number of nitrogens with zero attached hydrogens (tertiary/aromatic N) is 2. The molecule has 0 radical (unpaired) electrons. The minimum Gasteiger partial charge on any atom is -0.496 e. The van der Waals surface area contributed by atoms with Crippen molar-refractivity contribution in [3.8, 4) is 17.4 Å². The SMILES string of the molecule is CC[C@@]1(C)NC(=O)N(c2ccc(F)c(Oc3ccc(C)c(OC)c3)n2)C1=O. The topological polar surface area (TPSA) is 80.8 Å². The van der Waals surface area contributed by atoms with Gasteiger partial charge in [-0.15, -0.1) is 0 Å². The Labute approximate surface area is 156 Å². The average Bonchev–Trinajstić information content (AvgIpc) is 2.88. The van der Waals surface area contributed by atoms with Gasteiger partial charge in [0.2, 0.25) is 0 Å². The van der Waals surface area contributed by atoms with E-state index in [1.807, 2.05) is 6.92 Å². The third kappa shape index (κ3) is 3.30. The van der Waals surface area contributed by atoms with Gasteiger partial charge >= 0.3 is 6.03 Å². The van der Waals surface area contributed by atoms with Gasteiger partial charge in [0.25, 0.3) is 11.8 Å². The first kappa shape index (κ1) is 18.6. The highest BCUT2D eigenvalue weighted by molar-refractivity contribution is 6.22. The van der Waals surface area contributed by atoms with E-state index in [-0.39, 0.29) is 11.7 Å². The summed E-state index contributed by atoms with van der Waals surface area (Å²) in [5.41, 5.74) is -0.122. The van der Waals surface area contributed by atoms with Gasteiger partial charge in [0.1, 0.15) is 22.9 Å². The largest absolute Gasteiger partial charge is 0.496 e. The van der Waals surface area contributed by atoms with Crippen molar-refractivity contribution >= 4 is 17.8 Å². The molecule has 1 aromatic carbocycles. The van der Waals surface area contributed by atoms with Crippen LogP contribution in [0.4, 0.5) is 15.0 Å². The number of urea groups is 1. The lowest BCUT2D eigenvalue weighted by Gasteiger charge is -2.19. The molecule has 0 spiro atoms. The van der Waals surface area contributed by atoms with Gasteiger partial charge in [-0.2, -0.15) is 4.98 Å². The van der Waals surface area contributed by atoms with Gasteiger partial charge in [-0.1, -0.05) is 13.0 Å². The van der Waals surface area contributed by atoms with Crippen LogP contribution in [0.1, 0.15) is 25.8 Å². The zero-order valence-electron chi connectivity index (χ0n) is 15.5. The second kappa shape index (κ2) is 6.86. The summed E-state index contributed by atoms with van der Waals surface area (Å²) < 4.78 is 24.9. The number of benzene rings is 1. The smallest absolute Gasteiger partial charge is 0.330 e. The van der Waals surface area contributed by atoms with Gasteiger partial charge in [0.05, 0.1) is 7.11 Å². The van der Waals surface area contributed by atoms with Crippen LogP contribution in [-0.2, 0) is 4.79 Å². The summed E-state index contributed by atoms with van der Waals surface area (Å²) in [5.74, 6) is -0.622. The van der Waals surface area contributed by atoms with Crippen LogP contribution in [0, 0.1) is 12.7 Å². The van der Waals surface area contributed by atoms with Crippen LogP contribution in [0.25, 0.3) is 0 Å². The molecule has 7 nitrogen and oxygen atoms in total. The Morgan fingerprint density at radius 3 is 2.63 bits per heavy atom. The number of ether oxygens (including phenoxy) is 2. The first-order valence-electron chi connectivity index (χ1n) is 8.45. The van der Waals surface area contributed by atoms with E-state index in [2.05, 4.69) is 10.3 Å². The third-order valence-corrected chi connectivity index (χ3v) is 4.59. The summed E-state index contributed by atoms with van der Waals surface area (Å²) in [6, 6.07) is 6.77. The van der Waals surface area contributed by atoms with Crippen molar-refractivity contribution in [2.45, 2.75) is 32.7 Å². The van der Waals surface area contributed by atoms with E-state index in [9.17, 15) is 14.0 Å². The summed E-state index contributed by atoms with van der Waals surface area (Å²) in [7, 11) is 1.52. The molecule has 27 heavy (non-hydrogen) atoms. The van der Waals surface area contributed by atoms with Gasteiger partial charge in [0.15, 0.2) is 5.82 Å². The van der Waals surface area contributed by atoms with E-state index >= 15 is 0 Å². The number of imide groups is 1. The molecule has 0 saturated carbocycles. The summed E-state index contributed by atoms with van der Waals surface area (Å²) in [4.78, 5) is 29.8. The fourth-order valence-corrected chi connectivity index (χ4v) is 2.72. The number of aryl methyl sites for hydroxylation is 1. The monoisotopic (exact) mass is 373 g/mol. The fraction of sp³-hybridized carbons (Fsp3) is 0.316. The number of nitrogens with one attached hydrogen (secondary N) is 1. The highest BCUT2D eigenvalue weighted by Gasteiger charge is 2.47. The molecule has 1 aromatic heterocycles. The quantitative estimate of drug-likeness (QED) is 0.811. The van der Waals surface area contributed by atoms with Crippen molar-refractivity contribution in [1.82, 2.24) is 10.3 Å². The maximum absolute atomic E-state index is 14.2. The predicted molar refractivity (Wildman–Crippen MR) is 96.7 cm³/mol. The molecule has 1 aliphatic heterocycles. The molecular weight excluding hydrogens is 353 g/mol. The van der Waals surface area contributed by atoms with Crippen molar-refractivity contribution in [1.29, 1.82) is 0 Å². The molecule has 3 amide bonds. The van der Waals surface area contributed by atoms with Crippen LogP contribution >= 0.6 is 0 Å². The lowest BCUT2D eigenvalue weighted by atomic mass is 9.99. The molecule has 0 bridgehead atoms. The number of carbonyl (C=O) groups excluding carboxylic acids is 2. The number of amides is 3. The molecular formula is C19H20FN3O4. The minimum absolute atomic E-state index is 0.00912. The molecule has 1 aliphatic rings. The number of methoxy groups -OCH3 is 1. The van der Waals surface area contributed by atoms with Crippen molar-refractivity contribution in [3.05, 3.63) is 41.7 Å². The van der Waals surface area contributed by atoms with Crippen molar-refractivity contribution < 1.29 is 23.5 Å². The number of hydrogen-bond acceptors (Lipinski definition) is 5. The molecule has 8 heteroatoms. The molecule has 2 aromatic rings. The van der Waals surface area contributed by atoms with Gasteiger partial charge in [-0.3, -0.25) is 4.79 Å². The molecule has 1 fully saturated rings. The first-order chi connectivity index (χ1) is 12.8. The molecule has 0 unspecified atom stereocenters. The third-order valence-electron chi connectivity index (χ3n) is 4.59. The number of carbonyl (C=O) groups is 2. The lowest BCUT2D eigenvalue weighted by molar-refractivity contribution is -0.121. The van der Waals surface area contributed by atoms with Crippen molar-refractivity contribution in [3.63, 3.8) is 0 Å². The molecule has 0 aliphatic carbocycles. The van der Waals surface area contributed by atoms with E-state index in [0.29, 0.717) is 17.9 Å². The van der Waals surface area contributed by atoms with Crippen LogP contribution in [0.5, 0.6) is 17.4 Å². The van der Waals surface area contributed by atoms with E-state index < -0.39 is 23.3 Å². The van der Waals surface area contributed by atoms with E-state index in [1.165, 1.54) is 13.2 Å². The van der Waals surface area contributed by atoms with Gasteiger partial charge in [-0.25, -0.2) is 14.1 Å². The Hall–Kier alpha value is -3.16. The van der Waals surface area contributed by atoms with Crippen LogP contribution in [0.15, 0.2) is 30.3 Å². The Bertz CT molecular complexity index is 918. The minimum atomic E-state index is -1.02. The summed E-state index contributed by atoms with van der Waals surface area (Å²) in [5, 5.41) is 2.63. The highest BCUT2D eigenvalue weighted by Crippen LogP contribution is 2.31. The first-order valence-corrected chi connectivity index (χ1v) is 8.45. The summed E-state index contributed by atoms with van der Waals surface area (Å²) >= 11 is 0. The zero-order chi connectivity index (χ0) is 19.8. The van der Waals surface area contributed by atoms with Crippen LogP contribution in [0.2, 0.25) is 0 Å². The molecule has 142 valence electrons. The summed E-state index contributed by atoms with van der Waals surface area (Å²) in [6.45, 7) is 5.29. The summed E-state index contributed by atoms with van der Waals surface area (Å²) in [6.07, 6.45) is 0.418. The Morgan fingerprint density at radius 2 is 2.00 bits per heavy atom. The molecule has 1 saturated heterocycles. The maximum Gasteiger partial charge on any atom is 0.330 e. The molecule has 1 N–H and O–H groups in total. The van der Waals surface area contributed by atoms with Gasteiger partial charge in [0, 0.05) is 6.07 Å². The van der Waals surface area contributed by atoms with E-state index in [1.54, 1.807) is 32.0 Å². The second-order valence-electron chi connectivity index (χ2n) is 6.45. The molecule has 1 atom stereocenters. The lowest BCUT2D eigenvalue weighted by Crippen LogP contribution is -2.43. The van der Waals surface area contributed by atoms with Crippen LogP contribution in [0.3, 0.4) is 0 Å². The number of pyridine rings is 1. The Balaban J connectivity index is 1.94. The number of hydrogen-bond donors (Lipinski definition) is 1. The van der Waals surface area contributed by atoms with Crippen molar-refractivity contribution in [2.24, 2.45) is 0 Å². The van der Waals surface area contributed by atoms with E-state index in [4.69, 9.17) is 9.47 Å². The Morgan fingerprint density at radius 1 is 1.26 bits per heavy atom. The Kier molecular flexibility index (Phi) is 4.73. The van der Waals surface area contributed by atoms with E-state index in [0.717, 1.165) is 16.5 Å². The molecule has 3 rings (SSSR count). The van der Waals surface area contributed by atoms with Crippen LogP contribution < -0.4 is 19.7 Å². The maximum atomic E-state index is 14.2. The van der Waals surface area contributed by atoms with Gasteiger partial charge in [-0.05, 0) is 44.0 Å². The normalized spacial score (nSPS) is 19.2.